The van der Waals surface area contributed by atoms with Crippen LogP contribution in [0.5, 0.6) is 5.88 Å². The van der Waals surface area contributed by atoms with Gasteiger partial charge in [-0.05, 0) is 25.7 Å². The molecular weight excluding hydrogens is 227 g/mol. The van der Waals surface area contributed by atoms with Crippen LogP contribution in [-0.4, -0.2) is 47.3 Å². The Kier molecular flexibility index (Phi) is 4.31. The summed E-state index contributed by atoms with van der Waals surface area (Å²) >= 11 is 11.2. The molecule has 0 saturated heterocycles. The molecule has 7 heteroatoms. The molecule has 0 amide bonds. The molecular formula is C7H10Cl2N4O. The average molecular weight is 237 g/mol. The summed E-state index contributed by atoms with van der Waals surface area (Å²) in [5, 5.41) is 7.16. The maximum atomic E-state index is 5.68. The molecule has 0 aliphatic heterocycles. The van der Waals surface area contributed by atoms with Crippen molar-refractivity contribution in [2.45, 2.75) is 0 Å². The molecule has 0 bridgehead atoms. The number of likely N-dealkylation sites (N-methyl/N-ethyl adjacent to an activating group) is 1. The van der Waals surface area contributed by atoms with Gasteiger partial charge >= 0.3 is 0 Å². The third-order valence-electron chi connectivity index (χ3n) is 1.37. The molecule has 1 aromatic heterocycles. The van der Waals surface area contributed by atoms with E-state index in [0.29, 0.717) is 6.61 Å². The molecule has 14 heavy (non-hydrogen) atoms. The van der Waals surface area contributed by atoms with Gasteiger partial charge in [-0.2, -0.15) is 4.98 Å². The molecule has 0 radical (unpaired) electrons. The molecule has 0 aromatic carbocycles. The summed E-state index contributed by atoms with van der Waals surface area (Å²) in [5.74, 6) is 0.216. The monoisotopic (exact) mass is 236 g/mol. The summed E-state index contributed by atoms with van der Waals surface area (Å²) in [5.41, 5.74) is 0. The van der Waals surface area contributed by atoms with E-state index in [1.165, 1.54) is 0 Å². The lowest BCUT2D eigenvalue weighted by Crippen LogP contribution is -2.20. The van der Waals surface area contributed by atoms with Gasteiger partial charge in [-0.1, -0.05) is 11.6 Å². The predicted octanol–water partition coefficient (Wildman–Crippen LogP) is 1.12. The number of halogens is 2. The minimum atomic E-state index is 0.0225. The van der Waals surface area contributed by atoms with E-state index in [0.717, 1.165) is 6.54 Å². The molecule has 1 aromatic rings. The van der Waals surface area contributed by atoms with E-state index >= 15 is 0 Å². The lowest BCUT2D eigenvalue weighted by molar-refractivity contribution is 0.252. The van der Waals surface area contributed by atoms with Crippen molar-refractivity contribution in [2.75, 3.05) is 27.2 Å². The largest absolute Gasteiger partial charge is 0.474 e. The van der Waals surface area contributed by atoms with Crippen molar-refractivity contribution in [3.8, 4) is 5.88 Å². The second-order valence-corrected chi connectivity index (χ2v) is 3.52. The fourth-order valence-corrected chi connectivity index (χ4v) is 0.946. The van der Waals surface area contributed by atoms with Crippen LogP contribution in [0.4, 0.5) is 0 Å². The zero-order valence-electron chi connectivity index (χ0n) is 7.87. The Bertz CT molecular complexity index is 308. The van der Waals surface area contributed by atoms with E-state index < -0.39 is 0 Å². The van der Waals surface area contributed by atoms with Gasteiger partial charge in [0.2, 0.25) is 10.4 Å². The zero-order chi connectivity index (χ0) is 10.6. The minimum Gasteiger partial charge on any atom is -0.474 e. The molecule has 0 aliphatic carbocycles. The first-order chi connectivity index (χ1) is 6.59. The Morgan fingerprint density at radius 3 is 2.64 bits per heavy atom. The number of hydrogen-bond acceptors (Lipinski definition) is 5. The summed E-state index contributed by atoms with van der Waals surface area (Å²) in [6, 6.07) is 0. The summed E-state index contributed by atoms with van der Waals surface area (Å²) < 4.78 is 5.26. The van der Waals surface area contributed by atoms with Gasteiger partial charge in [0.05, 0.1) is 0 Å². The highest BCUT2D eigenvalue weighted by atomic mass is 35.5. The molecule has 0 unspecified atom stereocenters. The van der Waals surface area contributed by atoms with Crippen LogP contribution in [0.2, 0.25) is 10.4 Å². The molecule has 0 saturated carbocycles. The Hall–Kier alpha value is -0.650. The normalized spacial score (nSPS) is 10.6. The SMILES string of the molecule is CN(C)CCOc1nc(Cl)nnc1Cl. The maximum Gasteiger partial charge on any atom is 0.256 e. The minimum absolute atomic E-state index is 0.0225. The molecule has 5 nitrogen and oxygen atoms in total. The molecule has 0 spiro atoms. The average Bonchev–Trinajstić information content (AvgIpc) is 2.10. The second kappa shape index (κ2) is 5.29. The van der Waals surface area contributed by atoms with Gasteiger partial charge < -0.3 is 9.64 Å². The van der Waals surface area contributed by atoms with Crippen molar-refractivity contribution in [1.29, 1.82) is 0 Å². The van der Waals surface area contributed by atoms with E-state index in [1.807, 2.05) is 19.0 Å². The highest BCUT2D eigenvalue weighted by molar-refractivity contribution is 6.31. The fraction of sp³-hybridized carbons (Fsp3) is 0.571. The van der Waals surface area contributed by atoms with Gasteiger partial charge in [0, 0.05) is 6.54 Å². The summed E-state index contributed by atoms with van der Waals surface area (Å²) in [7, 11) is 3.88. The smallest absolute Gasteiger partial charge is 0.256 e. The molecule has 0 aliphatic rings. The zero-order valence-corrected chi connectivity index (χ0v) is 9.38. The number of aromatic nitrogens is 3. The third kappa shape index (κ3) is 3.61. The molecule has 0 fully saturated rings. The maximum absolute atomic E-state index is 5.68. The Morgan fingerprint density at radius 2 is 2.00 bits per heavy atom. The number of rotatable bonds is 4. The topological polar surface area (TPSA) is 51.1 Å². The van der Waals surface area contributed by atoms with Gasteiger partial charge in [-0.3, -0.25) is 0 Å². The van der Waals surface area contributed by atoms with Gasteiger partial charge in [0.15, 0.2) is 0 Å². The lowest BCUT2D eigenvalue weighted by atomic mass is 10.6. The molecule has 1 rings (SSSR count). The van der Waals surface area contributed by atoms with Crippen LogP contribution in [0.3, 0.4) is 0 Å². The Balaban J connectivity index is 2.53. The van der Waals surface area contributed by atoms with Crippen LogP contribution in [0, 0.1) is 0 Å². The molecule has 78 valence electrons. The molecule has 0 atom stereocenters. The van der Waals surface area contributed by atoms with Crippen molar-refractivity contribution in [3.05, 3.63) is 10.4 Å². The third-order valence-corrected chi connectivity index (χ3v) is 1.77. The van der Waals surface area contributed by atoms with E-state index in [4.69, 9.17) is 27.9 Å². The first kappa shape index (κ1) is 11.4. The number of nitrogens with zero attached hydrogens (tertiary/aromatic N) is 4. The molecule has 1 heterocycles. The van der Waals surface area contributed by atoms with Gasteiger partial charge in [-0.25, -0.2) is 0 Å². The summed E-state index contributed by atoms with van der Waals surface area (Å²) in [6.45, 7) is 1.24. The van der Waals surface area contributed by atoms with Gasteiger partial charge in [-0.15, -0.1) is 10.2 Å². The van der Waals surface area contributed by atoms with Crippen LogP contribution >= 0.6 is 23.2 Å². The quantitative estimate of drug-likeness (QED) is 0.785. The summed E-state index contributed by atoms with van der Waals surface area (Å²) in [6.07, 6.45) is 0. The van der Waals surface area contributed by atoms with Crippen molar-refractivity contribution >= 4 is 23.2 Å². The second-order valence-electron chi connectivity index (χ2n) is 2.83. The van der Waals surface area contributed by atoms with Crippen molar-refractivity contribution < 1.29 is 4.74 Å². The predicted molar refractivity (Wildman–Crippen MR) is 53.9 cm³/mol. The first-order valence-electron chi connectivity index (χ1n) is 3.93. The van der Waals surface area contributed by atoms with Crippen LogP contribution in [0.15, 0.2) is 0 Å². The first-order valence-corrected chi connectivity index (χ1v) is 4.68. The van der Waals surface area contributed by atoms with Crippen LogP contribution in [0.1, 0.15) is 0 Å². The van der Waals surface area contributed by atoms with E-state index in [-0.39, 0.29) is 16.3 Å². The van der Waals surface area contributed by atoms with Gasteiger partial charge in [0.1, 0.15) is 6.61 Å². The van der Waals surface area contributed by atoms with E-state index in [2.05, 4.69) is 15.2 Å². The Morgan fingerprint density at radius 1 is 1.29 bits per heavy atom. The van der Waals surface area contributed by atoms with Crippen LogP contribution < -0.4 is 4.74 Å². The summed E-state index contributed by atoms with van der Waals surface area (Å²) in [4.78, 5) is 5.77. The molecule has 0 N–H and O–H groups in total. The number of ether oxygens (including phenoxy) is 1. The number of hydrogen-bond donors (Lipinski definition) is 0. The fourth-order valence-electron chi connectivity index (χ4n) is 0.697. The van der Waals surface area contributed by atoms with E-state index in [1.54, 1.807) is 0 Å². The van der Waals surface area contributed by atoms with Crippen LogP contribution in [-0.2, 0) is 0 Å². The standard InChI is InChI=1S/C7H10Cl2N4O/c1-13(2)3-4-14-6-5(8)11-12-7(9)10-6/h3-4H2,1-2H3. The highest BCUT2D eigenvalue weighted by Crippen LogP contribution is 2.18. The van der Waals surface area contributed by atoms with Crippen molar-refractivity contribution in [2.24, 2.45) is 0 Å². The van der Waals surface area contributed by atoms with E-state index in [9.17, 15) is 0 Å². The lowest BCUT2D eigenvalue weighted by Gasteiger charge is -2.10. The van der Waals surface area contributed by atoms with Crippen molar-refractivity contribution in [1.82, 2.24) is 20.1 Å². The Labute approximate surface area is 92.0 Å². The highest BCUT2D eigenvalue weighted by Gasteiger charge is 2.06. The van der Waals surface area contributed by atoms with Crippen LogP contribution in [0.25, 0.3) is 0 Å². The van der Waals surface area contributed by atoms with Crippen molar-refractivity contribution in [3.63, 3.8) is 0 Å². The van der Waals surface area contributed by atoms with Gasteiger partial charge in [0.25, 0.3) is 5.88 Å².